The number of amides is 2. The molecule has 40 heavy (non-hydrogen) atoms. The van der Waals surface area contributed by atoms with Crippen molar-refractivity contribution in [1.82, 2.24) is 10.2 Å². The molecule has 0 aromatic heterocycles. The van der Waals surface area contributed by atoms with Gasteiger partial charge in [0, 0.05) is 18.1 Å². The van der Waals surface area contributed by atoms with Crippen molar-refractivity contribution < 1.29 is 22.7 Å². The average molecular weight is 586 g/mol. The Bertz CT molecular complexity index is 1400. The van der Waals surface area contributed by atoms with E-state index in [1.807, 2.05) is 39.0 Å². The molecule has 0 radical (unpaired) electrons. The van der Waals surface area contributed by atoms with E-state index in [-0.39, 0.29) is 17.3 Å². The number of carbonyl (C=O) groups is 2. The van der Waals surface area contributed by atoms with Crippen molar-refractivity contribution in [3.05, 3.63) is 88.9 Å². The van der Waals surface area contributed by atoms with E-state index in [4.69, 9.17) is 16.3 Å². The number of anilines is 1. The third-order valence-corrected chi connectivity index (χ3v) is 8.46. The van der Waals surface area contributed by atoms with E-state index < -0.39 is 28.5 Å². The van der Waals surface area contributed by atoms with E-state index in [0.717, 1.165) is 21.9 Å². The number of sulfonamides is 1. The number of benzene rings is 3. The third kappa shape index (κ3) is 7.76. The molecule has 0 saturated heterocycles. The maximum absolute atomic E-state index is 14.0. The fourth-order valence-electron chi connectivity index (χ4n) is 4.26. The molecule has 0 fully saturated rings. The molecule has 3 aromatic carbocycles. The van der Waals surface area contributed by atoms with Gasteiger partial charge in [-0.25, -0.2) is 8.42 Å². The zero-order valence-corrected chi connectivity index (χ0v) is 24.8. The second-order valence-corrected chi connectivity index (χ2v) is 11.7. The number of carbonyl (C=O) groups excluding carboxylic acids is 2. The molecule has 0 bridgehead atoms. The topological polar surface area (TPSA) is 96.0 Å². The predicted octanol–water partition coefficient (Wildman–Crippen LogP) is 5.19. The fraction of sp³-hybridized carbons (Fsp3) is 0.333. The van der Waals surface area contributed by atoms with Gasteiger partial charge in [-0.15, -0.1) is 0 Å². The number of nitrogens with one attached hydrogen (secondary N) is 1. The molecule has 0 saturated carbocycles. The van der Waals surface area contributed by atoms with Gasteiger partial charge in [0.15, 0.2) is 0 Å². The molecule has 2 amide bonds. The number of rotatable bonds is 13. The first-order chi connectivity index (χ1) is 19.1. The van der Waals surface area contributed by atoms with Crippen LogP contribution in [0.4, 0.5) is 5.69 Å². The minimum absolute atomic E-state index is 0.000593. The Morgan fingerprint density at radius 2 is 1.68 bits per heavy atom. The number of hydrogen-bond donors (Lipinski definition) is 1. The van der Waals surface area contributed by atoms with Gasteiger partial charge >= 0.3 is 0 Å². The second kappa shape index (κ2) is 14.2. The lowest BCUT2D eigenvalue weighted by molar-refractivity contribution is -0.140. The molecular formula is C30H36ClN3O5S. The van der Waals surface area contributed by atoms with Crippen LogP contribution in [0.2, 0.25) is 5.02 Å². The molecule has 214 valence electrons. The van der Waals surface area contributed by atoms with Gasteiger partial charge in [-0.1, -0.05) is 49.7 Å². The summed E-state index contributed by atoms with van der Waals surface area (Å²) in [6, 6.07) is 19.1. The van der Waals surface area contributed by atoms with Crippen LogP contribution in [-0.4, -0.2) is 51.4 Å². The molecule has 0 aliphatic heterocycles. The van der Waals surface area contributed by atoms with Gasteiger partial charge in [0.2, 0.25) is 11.8 Å². The molecule has 0 aliphatic carbocycles. The van der Waals surface area contributed by atoms with E-state index in [1.54, 1.807) is 37.4 Å². The second-order valence-electron chi connectivity index (χ2n) is 9.39. The quantitative estimate of drug-likeness (QED) is 0.298. The van der Waals surface area contributed by atoms with Gasteiger partial charge in [0.1, 0.15) is 18.3 Å². The Balaban J connectivity index is 2.04. The normalized spacial score (nSPS) is 11.9. The average Bonchev–Trinajstić information content (AvgIpc) is 2.95. The number of aryl methyl sites for hydroxylation is 1. The van der Waals surface area contributed by atoms with Crippen molar-refractivity contribution in [2.45, 2.75) is 51.1 Å². The summed E-state index contributed by atoms with van der Waals surface area (Å²) in [7, 11) is -2.59. The first kappa shape index (κ1) is 31.0. The minimum Gasteiger partial charge on any atom is -0.497 e. The van der Waals surface area contributed by atoms with Crippen LogP contribution in [0.3, 0.4) is 0 Å². The number of halogens is 1. The zero-order chi connectivity index (χ0) is 29.3. The van der Waals surface area contributed by atoms with Gasteiger partial charge in [-0.3, -0.25) is 13.9 Å². The van der Waals surface area contributed by atoms with E-state index in [1.165, 1.54) is 29.2 Å². The smallest absolute Gasteiger partial charge is 0.264 e. The Kier molecular flexibility index (Phi) is 11.0. The van der Waals surface area contributed by atoms with Crippen LogP contribution < -0.4 is 14.4 Å². The van der Waals surface area contributed by atoms with Crippen LogP contribution in [0.15, 0.2) is 77.7 Å². The molecule has 1 atom stereocenters. The lowest BCUT2D eigenvalue weighted by Crippen LogP contribution is -2.52. The van der Waals surface area contributed by atoms with Crippen LogP contribution >= 0.6 is 11.6 Å². The summed E-state index contributed by atoms with van der Waals surface area (Å²) in [5.41, 5.74) is 1.96. The molecular weight excluding hydrogens is 550 g/mol. The van der Waals surface area contributed by atoms with Crippen molar-refractivity contribution in [1.29, 1.82) is 0 Å². The lowest BCUT2D eigenvalue weighted by atomic mass is 10.1. The summed E-state index contributed by atoms with van der Waals surface area (Å²) in [5.74, 6) is -0.128. The van der Waals surface area contributed by atoms with Gasteiger partial charge in [0.25, 0.3) is 10.0 Å². The molecule has 10 heteroatoms. The SMILES string of the molecule is CCCNC(=O)C(CC)N(Cc1ccc(OC)cc1)C(=O)CN(c1cccc(C)c1)S(=O)(=O)c1ccc(Cl)cc1. The maximum atomic E-state index is 14.0. The molecule has 0 heterocycles. The Labute approximate surface area is 241 Å². The Morgan fingerprint density at radius 1 is 1.00 bits per heavy atom. The third-order valence-electron chi connectivity index (χ3n) is 6.42. The van der Waals surface area contributed by atoms with E-state index >= 15 is 0 Å². The van der Waals surface area contributed by atoms with E-state index in [9.17, 15) is 18.0 Å². The minimum atomic E-state index is -4.15. The summed E-state index contributed by atoms with van der Waals surface area (Å²) in [4.78, 5) is 28.6. The van der Waals surface area contributed by atoms with Gasteiger partial charge in [-0.2, -0.15) is 0 Å². The van der Waals surface area contributed by atoms with Crippen molar-refractivity contribution in [2.75, 3.05) is 24.5 Å². The number of methoxy groups -OCH3 is 1. The van der Waals surface area contributed by atoms with Gasteiger partial charge < -0.3 is 15.0 Å². The molecule has 3 aromatic rings. The monoisotopic (exact) mass is 585 g/mol. The maximum Gasteiger partial charge on any atom is 0.264 e. The van der Waals surface area contributed by atoms with Gasteiger partial charge in [-0.05, 0) is 79.4 Å². The standard InChI is InChI=1S/C30H36ClN3O5S/c1-5-18-32-30(36)28(6-2)33(20-23-10-14-26(39-4)15-11-23)29(35)21-34(25-9-7-8-22(3)19-25)40(37,38)27-16-12-24(31)13-17-27/h7-17,19,28H,5-6,18,20-21H2,1-4H3,(H,32,36). The highest BCUT2D eigenvalue weighted by molar-refractivity contribution is 7.92. The number of nitrogens with zero attached hydrogens (tertiary/aromatic N) is 2. The summed E-state index contributed by atoms with van der Waals surface area (Å²) in [6.07, 6.45) is 1.10. The van der Waals surface area contributed by atoms with Crippen LogP contribution in [0, 0.1) is 6.92 Å². The van der Waals surface area contributed by atoms with Crippen molar-refractivity contribution in [2.24, 2.45) is 0 Å². The number of hydrogen-bond acceptors (Lipinski definition) is 5. The Hall–Kier alpha value is -3.56. The molecule has 0 aliphatic rings. The van der Waals surface area contributed by atoms with Crippen LogP contribution in [0.25, 0.3) is 0 Å². The van der Waals surface area contributed by atoms with Crippen LogP contribution in [0.1, 0.15) is 37.8 Å². The zero-order valence-electron chi connectivity index (χ0n) is 23.3. The Morgan fingerprint density at radius 3 is 2.25 bits per heavy atom. The summed E-state index contributed by atoms with van der Waals surface area (Å²) < 4.78 is 34.1. The first-order valence-electron chi connectivity index (χ1n) is 13.2. The highest BCUT2D eigenvalue weighted by Gasteiger charge is 2.33. The summed E-state index contributed by atoms with van der Waals surface area (Å²) in [6.45, 7) is 5.71. The predicted molar refractivity (Wildman–Crippen MR) is 158 cm³/mol. The largest absolute Gasteiger partial charge is 0.497 e. The molecule has 0 spiro atoms. The van der Waals surface area contributed by atoms with Crippen LogP contribution in [-0.2, 0) is 26.2 Å². The molecule has 1 unspecified atom stereocenters. The summed E-state index contributed by atoms with van der Waals surface area (Å²) in [5, 5.41) is 3.27. The van der Waals surface area contributed by atoms with E-state index in [2.05, 4.69) is 5.32 Å². The van der Waals surface area contributed by atoms with E-state index in [0.29, 0.717) is 29.4 Å². The summed E-state index contributed by atoms with van der Waals surface area (Å²) >= 11 is 6.00. The fourth-order valence-corrected chi connectivity index (χ4v) is 5.79. The van der Waals surface area contributed by atoms with Crippen molar-refractivity contribution in [3.63, 3.8) is 0 Å². The van der Waals surface area contributed by atoms with Crippen molar-refractivity contribution >= 4 is 39.1 Å². The first-order valence-corrected chi connectivity index (χ1v) is 15.0. The lowest BCUT2D eigenvalue weighted by Gasteiger charge is -2.33. The molecule has 1 N–H and O–H groups in total. The molecule has 3 rings (SSSR count). The highest BCUT2D eigenvalue weighted by Crippen LogP contribution is 2.26. The molecule has 8 nitrogen and oxygen atoms in total. The van der Waals surface area contributed by atoms with Crippen LogP contribution in [0.5, 0.6) is 5.75 Å². The van der Waals surface area contributed by atoms with Crippen molar-refractivity contribution in [3.8, 4) is 5.75 Å². The highest BCUT2D eigenvalue weighted by atomic mass is 35.5. The number of ether oxygens (including phenoxy) is 1. The van der Waals surface area contributed by atoms with Gasteiger partial charge in [0.05, 0.1) is 17.7 Å².